The van der Waals surface area contributed by atoms with Crippen molar-refractivity contribution < 1.29 is 9.59 Å². The average Bonchev–Trinajstić information content (AvgIpc) is 2.68. The number of hydrogen-bond acceptors (Lipinski definition) is 2. The van der Waals surface area contributed by atoms with E-state index in [0.717, 1.165) is 11.1 Å². The smallest absolute Gasteiger partial charge is 0.242 e. The highest BCUT2D eigenvalue weighted by Crippen LogP contribution is 2.24. The van der Waals surface area contributed by atoms with Crippen LogP contribution in [0.2, 0.25) is 10.0 Å². The van der Waals surface area contributed by atoms with Gasteiger partial charge in [0.05, 0.1) is 0 Å². The highest BCUT2D eigenvalue weighted by Gasteiger charge is 2.28. The molecule has 0 fully saturated rings. The van der Waals surface area contributed by atoms with Gasteiger partial charge in [-0.15, -0.1) is 0 Å². The molecule has 1 atom stereocenters. The largest absolute Gasteiger partial charge is 0.357 e. The van der Waals surface area contributed by atoms with Crippen LogP contribution in [0.3, 0.4) is 0 Å². The number of carbonyl (C=O) groups is 2. The van der Waals surface area contributed by atoms with Gasteiger partial charge in [0.25, 0.3) is 0 Å². The van der Waals surface area contributed by atoms with E-state index < -0.39 is 6.04 Å². The Labute approximate surface area is 176 Å². The minimum Gasteiger partial charge on any atom is -0.357 e. The van der Waals surface area contributed by atoms with Crippen molar-refractivity contribution in [3.63, 3.8) is 0 Å². The molecule has 2 rings (SSSR count). The molecule has 0 aromatic heterocycles. The summed E-state index contributed by atoms with van der Waals surface area (Å²) in [5.74, 6) is -0.265. The number of aryl methyl sites for hydroxylation is 2. The summed E-state index contributed by atoms with van der Waals surface area (Å²) in [6, 6.07) is 12.7. The number of halogens is 2. The molecule has 0 radical (unpaired) electrons. The van der Waals surface area contributed by atoms with E-state index in [1.54, 1.807) is 30.1 Å². The Bertz CT molecular complexity index is 822. The van der Waals surface area contributed by atoms with Gasteiger partial charge in [-0.3, -0.25) is 9.59 Å². The van der Waals surface area contributed by atoms with Crippen LogP contribution in [0.25, 0.3) is 0 Å². The highest BCUT2D eigenvalue weighted by atomic mass is 35.5. The molecule has 0 unspecified atom stereocenters. The van der Waals surface area contributed by atoms with Gasteiger partial charge >= 0.3 is 0 Å². The zero-order valence-electron chi connectivity index (χ0n) is 16.5. The van der Waals surface area contributed by atoms with Crippen LogP contribution in [0.15, 0.2) is 42.5 Å². The molecule has 0 aliphatic rings. The second-order valence-electron chi connectivity index (χ2n) is 6.78. The molecule has 28 heavy (non-hydrogen) atoms. The van der Waals surface area contributed by atoms with Crippen LogP contribution in [-0.4, -0.2) is 29.8 Å². The molecule has 0 bridgehead atoms. The van der Waals surface area contributed by atoms with Gasteiger partial charge in [0.1, 0.15) is 6.04 Å². The van der Waals surface area contributed by atoms with E-state index in [-0.39, 0.29) is 18.4 Å². The minimum absolute atomic E-state index is 0.0814. The van der Waals surface area contributed by atoms with E-state index in [9.17, 15) is 9.59 Å². The number of carbonyl (C=O) groups excluding carboxylic acids is 2. The van der Waals surface area contributed by atoms with Crippen molar-refractivity contribution >= 4 is 35.0 Å². The first-order chi connectivity index (χ1) is 13.3. The summed E-state index contributed by atoms with van der Waals surface area (Å²) in [7, 11) is 1.58. The van der Waals surface area contributed by atoms with Crippen LogP contribution < -0.4 is 5.32 Å². The van der Waals surface area contributed by atoms with Crippen LogP contribution in [-0.2, 0) is 22.6 Å². The topological polar surface area (TPSA) is 49.4 Å². The molecule has 0 saturated heterocycles. The number of nitrogens with zero attached hydrogens (tertiary/aromatic N) is 1. The van der Waals surface area contributed by atoms with Gasteiger partial charge in [-0.2, -0.15) is 0 Å². The molecule has 0 aliphatic heterocycles. The van der Waals surface area contributed by atoms with Crippen molar-refractivity contribution in [2.24, 2.45) is 0 Å². The Morgan fingerprint density at radius 3 is 2.36 bits per heavy atom. The summed E-state index contributed by atoms with van der Waals surface area (Å²) >= 11 is 12.3. The molecule has 150 valence electrons. The molecule has 2 aromatic carbocycles. The van der Waals surface area contributed by atoms with Gasteiger partial charge in [-0.1, -0.05) is 66.0 Å². The van der Waals surface area contributed by atoms with Gasteiger partial charge in [-0.25, -0.2) is 0 Å². The molecule has 0 aliphatic carbocycles. The molecule has 6 heteroatoms. The summed E-state index contributed by atoms with van der Waals surface area (Å²) in [6.45, 7) is 4.18. The summed E-state index contributed by atoms with van der Waals surface area (Å²) in [5, 5.41) is 3.67. The van der Waals surface area contributed by atoms with E-state index in [2.05, 4.69) is 5.32 Å². The Morgan fingerprint density at radius 1 is 1.11 bits per heavy atom. The molecule has 2 amide bonds. The average molecular weight is 421 g/mol. The molecule has 0 spiro atoms. The van der Waals surface area contributed by atoms with Crippen molar-refractivity contribution in [2.75, 3.05) is 7.05 Å². The highest BCUT2D eigenvalue weighted by molar-refractivity contribution is 6.35. The SMILES string of the molecule is CC[C@@H](C(=O)NC)N(Cc1ccc(Cl)cc1Cl)C(=O)CCc1ccc(C)cc1. The van der Waals surface area contributed by atoms with Gasteiger partial charge in [0.15, 0.2) is 0 Å². The van der Waals surface area contributed by atoms with Gasteiger partial charge < -0.3 is 10.2 Å². The van der Waals surface area contributed by atoms with Crippen LogP contribution in [0.5, 0.6) is 0 Å². The number of nitrogens with one attached hydrogen (secondary N) is 1. The summed E-state index contributed by atoms with van der Waals surface area (Å²) in [4.78, 5) is 27.0. The third kappa shape index (κ3) is 5.98. The maximum Gasteiger partial charge on any atom is 0.242 e. The number of hydrogen-bond donors (Lipinski definition) is 1. The van der Waals surface area contributed by atoms with Crippen molar-refractivity contribution in [2.45, 2.75) is 45.7 Å². The van der Waals surface area contributed by atoms with E-state index in [4.69, 9.17) is 23.2 Å². The third-order valence-electron chi connectivity index (χ3n) is 4.74. The first-order valence-corrected chi connectivity index (χ1v) is 10.1. The fourth-order valence-electron chi connectivity index (χ4n) is 3.07. The van der Waals surface area contributed by atoms with Crippen molar-refractivity contribution in [1.29, 1.82) is 0 Å². The van der Waals surface area contributed by atoms with E-state index in [0.29, 0.717) is 29.3 Å². The Kier molecular flexibility index (Phi) is 8.34. The molecule has 0 heterocycles. The summed E-state index contributed by atoms with van der Waals surface area (Å²) < 4.78 is 0. The van der Waals surface area contributed by atoms with E-state index >= 15 is 0 Å². The zero-order chi connectivity index (χ0) is 20.7. The molecule has 0 saturated carbocycles. The lowest BCUT2D eigenvalue weighted by atomic mass is 10.1. The quantitative estimate of drug-likeness (QED) is 0.667. The Morgan fingerprint density at radius 2 is 1.79 bits per heavy atom. The predicted molar refractivity (Wildman–Crippen MR) is 115 cm³/mol. The molecule has 1 N–H and O–H groups in total. The molecular formula is C22H26Cl2N2O2. The maximum absolute atomic E-state index is 13.1. The second-order valence-corrected chi connectivity index (χ2v) is 7.62. The fourth-order valence-corrected chi connectivity index (χ4v) is 3.54. The predicted octanol–water partition coefficient (Wildman–Crippen LogP) is 4.79. The summed E-state index contributed by atoms with van der Waals surface area (Å²) in [5.41, 5.74) is 3.04. The van der Waals surface area contributed by atoms with Gasteiger partial charge in [-0.05, 0) is 43.0 Å². The first kappa shape index (κ1) is 22.3. The van der Waals surface area contributed by atoms with Crippen LogP contribution in [0.1, 0.15) is 36.5 Å². The molecular weight excluding hydrogens is 395 g/mol. The van der Waals surface area contributed by atoms with Crippen LogP contribution in [0, 0.1) is 6.92 Å². The lowest BCUT2D eigenvalue weighted by Crippen LogP contribution is -2.48. The van der Waals surface area contributed by atoms with E-state index in [1.165, 1.54) is 5.56 Å². The number of amides is 2. The Hall–Kier alpha value is -2.04. The molecule has 4 nitrogen and oxygen atoms in total. The lowest BCUT2D eigenvalue weighted by Gasteiger charge is -2.30. The maximum atomic E-state index is 13.1. The monoisotopic (exact) mass is 420 g/mol. The number of rotatable bonds is 8. The van der Waals surface area contributed by atoms with Crippen LogP contribution >= 0.6 is 23.2 Å². The normalized spacial score (nSPS) is 11.8. The Balaban J connectivity index is 2.21. The van der Waals surface area contributed by atoms with Crippen LogP contribution in [0.4, 0.5) is 0 Å². The zero-order valence-corrected chi connectivity index (χ0v) is 18.0. The lowest BCUT2D eigenvalue weighted by molar-refractivity contribution is -0.141. The van der Waals surface area contributed by atoms with E-state index in [1.807, 2.05) is 38.1 Å². The standard InChI is InChI=1S/C22H26Cl2N2O2/c1-4-20(22(28)25-3)26(14-17-10-11-18(23)13-19(17)24)21(27)12-9-16-7-5-15(2)6-8-16/h5-8,10-11,13,20H,4,9,12,14H2,1-3H3,(H,25,28)/t20-/m0/s1. The number of likely N-dealkylation sites (N-methyl/N-ethyl adjacent to an activating group) is 1. The second kappa shape index (κ2) is 10.5. The molecule has 2 aromatic rings. The number of benzene rings is 2. The van der Waals surface area contributed by atoms with Crippen molar-refractivity contribution in [3.8, 4) is 0 Å². The van der Waals surface area contributed by atoms with Crippen molar-refractivity contribution in [3.05, 3.63) is 69.2 Å². The summed E-state index contributed by atoms with van der Waals surface area (Å²) in [6.07, 6.45) is 1.46. The van der Waals surface area contributed by atoms with Gasteiger partial charge in [0.2, 0.25) is 11.8 Å². The van der Waals surface area contributed by atoms with Gasteiger partial charge in [0, 0.05) is 30.1 Å². The van der Waals surface area contributed by atoms with Crippen molar-refractivity contribution in [1.82, 2.24) is 10.2 Å². The third-order valence-corrected chi connectivity index (χ3v) is 5.32. The minimum atomic E-state index is -0.553. The fraction of sp³-hybridized carbons (Fsp3) is 0.364. The first-order valence-electron chi connectivity index (χ1n) is 9.36.